The summed E-state index contributed by atoms with van der Waals surface area (Å²) >= 11 is 1.17. The van der Waals surface area contributed by atoms with Gasteiger partial charge in [0.1, 0.15) is 10.6 Å². The lowest BCUT2D eigenvalue weighted by molar-refractivity contribution is -0.133. The molecule has 0 spiro atoms. The number of aromatic nitrogens is 2. The highest BCUT2D eigenvalue weighted by molar-refractivity contribution is 7.17. The summed E-state index contributed by atoms with van der Waals surface area (Å²) in [5.74, 6) is -1.39. The van der Waals surface area contributed by atoms with Crippen LogP contribution in [0, 0.1) is 0 Å². The maximum atomic E-state index is 13.1. The highest BCUT2D eigenvalue weighted by Crippen LogP contribution is 2.36. The number of amides is 1. The standard InChI is InChI=1S/C20H19N3O4S/c24-9-8-13(12-4-2-1-3-5-12)19(25)23-10-14-15(11-23)21-22-18(14)16-6-7-17(28-16)20(26)27/h1-7,13,24H,8-11H2,(H,21,22)(H,26,27). The van der Waals surface area contributed by atoms with Gasteiger partial charge in [-0.15, -0.1) is 11.3 Å². The fraction of sp³-hybridized carbons (Fsp3) is 0.250. The quantitative estimate of drug-likeness (QED) is 0.593. The number of carboxylic acid groups (broad SMARTS) is 1. The molecule has 1 aliphatic heterocycles. The van der Waals surface area contributed by atoms with E-state index in [2.05, 4.69) is 10.2 Å². The smallest absolute Gasteiger partial charge is 0.345 e. The minimum Gasteiger partial charge on any atom is -0.477 e. The second kappa shape index (κ2) is 7.57. The lowest BCUT2D eigenvalue weighted by Crippen LogP contribution is -2.31. The monoisotopic (exact) mass is 397 g/mol. The van der Waals surface area contributed by atoms with Crippen molar-refractivity contribution in [2.75, 3.05) is 6.61 Å². The predicted octanol–water partition coefficient (Wildman–Crippen LogP) is 2.84. The van der Waals surface area contributed by atoms with Gasteiger partial charge in [0.05, 0.1) is 29.6 Å². The third-order valence-corrected chi connectivity index (χ3v) is 6.01. The fourth-order valence-corrected chi connectivity index (χ4v) is 4.41. The molecule has 1 aromatic carbocycles. The van der Waals surface area contributed by atoms with E-state index in [9.17, 15) is 14.7 Å². The number of aromatic amines is 1. The minimum absolute atomic E-state index is 0.0341. The number of H-pyrrole nitrogens is 1. The first-order chi connectivity index (χ1) is 13.6. The van der Waals surface area contributed by atoms with Crippen molar-refractivity contribution in [3.05, 3.63) is 64.2 Å². The van der Waals surface area contributed by atoms with Crippen molar-refractivity contribution in [1.82, 2.24) is 15.1 Å². The topological polar surface area (TPSA) is 107 Å². The highest BCUT2D eigenvalue weighted by atomic mass is 32.1. The number of benzene rings is 1. The van der Waals surface area contributed by atoms with Gasteiger partial charge < -0.3 is 15.1 Å². The van der Waals surface area contributed by atoms with Gasteiger partial charge in [0.15, 0.2) is 0 Å². The number of rotatable bonds is 6. The number of nitrogens with zero attached hydrogens (tertiary/aromatic N) is 2. The van der Waals surface area contributed by atoms with Gasteiger partial charge in [0.25, 0.3) is 0 Å². The van der Waals surface area contributed by atoms with Crippen LogP contribution in [0.25, 0.3) is 10.6 Å². The van der Waals surface area contributed by atoms with Crippen LogP contribution in [0.2, 0.25) is 0 Å². The molecule has 8 heteroatoms. The van der Waals surface area contributed by atoms with E-state index in [0.717, 1.165) is 21.7 Å². The van der Waals surface area contributed by atoms with Crippen molar-refractivity contribution in [1.29, 1.82) is 0 Å². The van der Waals surface area contributed by atoms with Crippen molar-refractivity contribution in [2.45, 2.75) is 25.4 Å². The Balaban J connectivity index is 1.57. The summed E-state index contributed by atoms with van der Waals surface area (Å²) in [4.78, 5) is 27.1. The minimum atomic E-state index is -0.963. The maximum absolute atomic E-state index is 13.1. The molecule has 7 nitrogen and oxygen atoms in total. The number of thiophene rings is 1. The van der Waals surface area contributed by atoms with E-state index in [4.69, 9.17) is 5.11 Å². The second-order valence-electron chi connectivity index (χ2n) is 6.67. The molecule has 28 heavy (non-hydrogen) atoms. The van der Waals surface area contributed by atoms with Crippen molar-refractivity contribution in [3.8, 4) is 10.6 Å². The Hall–Kier alpha value is -2.97. The molecule has 1 aliphatic rings. The molecular weight excluding hydrogens is 378 g/mol. The number of hydrogen-bond acceptors (Lipinski definition) is 5. The Bertz CT molecular complexity index is 1010. The Labute approximate surface area is 165 Å². The van der Waals surface area contributed by atoms with E-state index >= 15 is 0 Å². The number of hydrogen-bond donors (Lipinski definition) is 3. The molecule has 1 amide bonds. The summed E-state index contributed by atoms with van der Waals surface area (Å²) in [5, 5.41) is 25.9. The van der Waals surface area contributed by atoms with Gasteiger partial charge in [-0.3, -0.25) is 9.89 Å². The predicted molar refractivity (Wildman–Crippen MR) is 104 cm³/mol. The van der Waals surface area contributed by atoms with Crippen molar-refractivity contribution < 1.29 is 19.8 Å². The molecule has 1 unspecified atom stereocenters. The highest BCUT2D eigenvalue weighted by Gasteiger charge is 2.33. The second-order valence-corrected chi connectivity index (χ2v) is 7.75. The van der Waals surface area contributed by atoms with Crippen LogP contribution in [0.4, 0.5) is 0 Å². The van der Waals surface area contributed by atoms with Gasteiger partial charge in [-0.25, -0.2) is 4.79 Å². The molecule has 1 atom stereocenters. The first kappa shape index (κ1) is 18.4. The van der Waals surface area contributed by atoms with Crippen molar-refractivity contribution >= 4 is 23.2 Å². The van der Waals surface area contributed by atoms with E-state index in [0.29, 0.717) is 25.2 Å². The molecular formula is C20H19N3O4S. The Morgan fingerprint density at radius 3 is 2.64 bits per heavy atom. The third kappa shape index (κ3) is 3.32. The summed E-state index contributed by atoms with van der Waals surface area (Å²) in [6.45, 7) is 0.770. The zero-order valence-corrected chi connectivity index (χ0v) is 15.8. The molecule has 0 saturated heterocycles. The van der Waals surface area contributed by atoms with Crippen LogP contribution in [0.1, 0.15) is 38.8 Å². The van der Waals surface area contributed by atoms with Crippen molar-refractivity contribution in [2.24, 2.45) is 0 Å². The van der Waals surface area contributed by atoms with Crippen LogP contribution in [-0.2, 0) is 17.9 Å². The van der Waals surface area contributed by atoms with E-state index < -0.39 is 11.9 Å². The fourth-order valence-electron chi connectivity index (χ4n) is 3.55. The van der Waals surface area contributed by atoms with Gasteiger partial charge in [0, 0.05) is 12.2 Å². The zero-order chi connectivity index (χ0) is 19.7. The van der Waals surface area contributed by atoms with Crippen LogP contribution < -0.4 is 0 Å². The normalized spacial score (nSPS) is 14.1. The molecule has 0 radical (unpaired) electrons. The number of nitrogens with one attached hydrogen (secondary N) is 1. The summed E-state index contributed by atoms with van der Waals surface area (Å²) in [5.41, 5.74) is 3.37. The van der Waals surface area contributed by atoms with Gasteiger partial charge in [-0.2, -0.15) is 5.10 Å². The van der Waals surface area contributed by atoms with Gasteiger partial charge in [-0.05, 0) is 24.1 Å². The molecule has 0 aliphatic carbocycles. The largest absolute Gasteiger partial charge is 0.477 e. The van der Waals surface area contributed by atoms with Crippen LogP contribution >= 0.6 is 11.3 Å². The Kier molecular flexibility index (Phi) is 4.97. The van der Waals surface area contributed by atoms with Crippen LogP contribution in [0.3, 0.4) is 0 Å². The molecule has 144 valence electrons. The molecule has 3 aromatic rings. The van der Waals surface area contributed by atoms with E-state index in [1.807, 2.05) is 30.3 Å². The number of fused-ring (bicyclic) bond motifs is 1. The molecule has 0 saturated carbocycles. The van der Waals surface area contributed by atoms with Crippen LogP contribution in [0.5, 0.6) is 0 Å². The zero-order valence-electron chi connectivity index (χ0n) is 15.0. The van der Waals surface area contributed by atoms with E-state index in [-0.39, 0.29) is 17.4 Å². The van der Waals surface area contributed by atoms with Crippen molar-refractivity contribution in [3.63, 3.8) is 0 Å². The first-order valence-corrected chi connectivity index (χ1v) is 9.74. The van der Waals surface area contributed by atoms with E-state index in [1.54, 1.807) is 17.0 Å². The lowest BCUT2D eigenvalue weighted by Gasteiger charge is -2.23. The van der Waals surface area contributed by atoms with E-state index in [1.165, 1.54) is 11.3 Å². The van der Waals surface area contributed by atoms with Gasteiger partial charge >= 0.3 is 5.97 Å². The molecule has 3 heterocycles. The maximum Gasteiger partial charge on any atom is 0.345 e. The van der Waals surface area contributed by atoms with Crippen LogP contribution in [0.15, 0.2) is 42.5 Å². The van der Waals surface area contributed by atoms with Gasteiger partial charge in [-0.1, -0.05) is 30.3 Å². The number of aliphatic hydroxyl groups excluding tert-OH is 1. The first-order valence-electron chi connectivity index (χ1n) is 8.92. The SMILES string of the molecule is O=C(O)c1ccc(-c2n[nH]c3c2CN(C(=O)C(CCO)c2ccccc2)C3)s1. The third-order valence-electron chi connectivity index (χ3n) is 4.93. The Morgan fingerprint density at radius 1 is 1.18 bits per heavy atom. The molecule has 0 fully saturated rings. The lowest BCUT2D eigenvalue weighted by atomic mass is 9.94. The molecule has 2 aromatic heterocycles. The van der Waals surface area contributed by atoms with Crippen LogP contribution in [-0.4, -0.2) is 43.8 Å². The number of aromatic carboxylic acids is 1. The molecule has 4 rings (SSSR count). The average Bonchev–Trinajstić information content (AvgIpc) is 3.41. The Morgan fingerprint density at radius 2 is 1.96 bits per heavy atom. The summed E-state index contributed by atoms with van der Waals surface area (Å²) in [6.07, 6.45) is 0.366. The number of carbonyl (C=O) groups is 2. The van der Waals surface area contributed by atoms with Gasteiger partial charge in [0.2, 0.25) is 5.91 Å². The number of carboxylic acids is 1. The average molecular weight is 397 g/mol. The number of aliphatic hydroxyl groups is 1. The number of carbonyl (C=O) groups excluding carboxylic acids is 1. The summed E-state index contributed by atoms with van der Waals surface area (Å²) in [6, 6.07) is 12.8. The summed E-state index contributed by atoms with van der Waals surface area (Å²) < 4.78 is 0. The molecule has 3 N–H and O–H groups in total. The molecule has 0 bridgehead atoms. The summed E-state index contributed by atoms with van der Waals surface area (Å²) in [7, 11) is 0.